The van der Waals surface area contributed by atoms with E-state index in [0.29, 0.717) is 17.3 Å². The molecule has 0 aliphatic heterocycles. The monoisotopic (exact) mass is 539 g/mol. The van der Waals surface area contributed by atoms with Gasteiger partial charge in [0.2, 0.25) is 0 Å². The summed E-state index contributed by atoms with van der Waals surface area (Å²) in [6, 6.07) is 25.8. The van der Waals surface area contributed by atoms with Crippen molar-refractivity contribution in [3.05, 3.63) is 122 Å². The number of halogens is 1. The fourth-order valence-electron chi connectivity index (χ4n) is 4.84. The van der Waals surface area contributed by atoms with E-state index < -0.39 is 0 Å². The van der Waals surface area contributed by atoms with Crippen LogP contribution in [-0.2, 0) is 20.0 Å². The highest BCUT2D eigenvalue weighted by atomic mass is 35.5. The third-order valence-corrected chi connectivity index (χ3v) is 8.06. The van der Waals surface area contributed by atoms with E-state index in [0.717, 1.165) is 39.4 Å². The van der Waals surface area contributed by atoms with Crippen LogP contribution in [-0.4, -0.2) is 18.9 Å². The summed E-state index contributed by atoms with van der Waals surface area (Å²) in [7, 11) is 1.89. The van der Waals surface area contributed by atoms with Gasteiger partial charge < -0.3 is 9.55 Å². The lowest BCUT2D eigenvalue weighted by molar-refractivity contribution is 0.630. The first-order valence-corrected chi connectivity index (χ1v) is 13.6. The Morgan fingerprint density at radius 1 is 0.974 bits per heavy atom. The van der Waals surface area contributed by atoms with E-state index in [2.05, 4.69) is 39.3 Å². The summed E-state index contributed by atoms with van der Waals surface area (Å²) in [5.41, 5.74) is 6.40. The number of aromatic nitrogens is 4. The number of hydrogen-bond donors (Lipinski definition) is 1. The third kappa shape index (κ3) is 4.34. The number of H-pyrrole nitrogens is 1. The number of benzene rings is 3. The maximum Gasteiger partial charge on any atom is 0.297 e. The number of para-hydroxylation sites is 2. The SMILES string of the molecule is Cc1c(N=c2scc(-c3ccc(Cl)cc3)n2CCc2c[nH]c3ccccc23)c(=O)n(-c2ccccc2)n1C. The van der Waals surface area contributed by atoms with Crippen LogP contribution < -0.4 is 10.4 Å². The first kappa shape index (κ1) is 24.3. The van der Waals surface area contributed by atoms with Gasteiger partial charge in [-0.15, -0.1) is 11.3 Å². The van der Waals surface area contributed by atoms with Crippen molar-refractivity contribution < 1.29 is 0 Å². The summed E-state index contributed by atoms with van der Waals surface area (Å²) in [5, 5.41) is 4.02. The molecule has 0 saturated carbocycles. The van der Waals surface area contributed by atoms with Crippen LogP contribution in [0.2, 0.25) is 5.02 Å². The molecule has 3 aromatic heterocycles. The molecule has 6 rings (SSSR count). The quantitative estimate of drug-likeness (QED) is 0.254. The Labute approximate surface area is 228 Å². The van der Waals surface area contributed by atoms with Crippen molar-refractivity contribution in [1.82, 2.24) is 18.9 Å². The summed E-state index contributed by atoms with van der Waals surface area (Å²) < 4.78 is 5.73. The molecule has 0 amide bonds. The molecule has 3 aromatic carbocycles. The molecule has 6 aromatic rings. The molecular weight excluding hydrogens is 514 g/mol. The smallest absolute Gasteiger partial charge is 0.297 e. The molecule has 0 spiro atoms. The second kappa shape index (κ2) is 10.0. The topological polar surface area (TPSA) is 60.0 Å². The van der Waals surface area contributed by atoms with E-state index in [1.165, 1.54) is 22.3 Å². The molecule has 0 aliphatic carbocycles. The minimum atomic E-state index is -0.138. The van der Waals surface area contributed by atoms with Crippen molar-refractivity contribution >= 4 is 39.5 Å². The van der Waals surface area contributed by atoms with E-state index in [-0.39, 0.29) is 5.56 Å². The summed E-state index contributed by atoms with van der Waals surface area (Å²) >= 11 is 7.71. The van der Waals surface area contributed by atoms with Gasteiger partial charge in [-0.25, -0.2) is 9.67 Å². The second-order valence-corrected chi connectivity index (χ2v) is 10.5. The van der Waals surface area contributed by atoms with E-state index in [4.69, 9.17) is 16.6 Å². The van der Waals surface area contributed by atoms with Crippen molar-refractivity contribution in [2.24, 2.45) is 12.0 Å². The molecule has 190 valence electrons. The first-order valence-electron chi connectivity index (χ1n) is 12.4. The Morgan fingerprint density at radius 2 is 1.71 bits per heavy atom. The Bertz CT molecular complexity index is 1870. The van der Waals surface area contributed by atoms with Crippen molar-refractivity contribution in [3.8, 4) is 16.9 Å². The molecular formula is C30H26ClN5OS. The molecule has 0 aliphatic rings. The molecule has 3 heterocycles. The van der Waals surface area contributed by atoms with Crippen molar-refractivity contribution in [2.45, 2.75) is 19.9 Å². The number of nitrogens with one attached hydrogen (secondary N) is 1. The van der Waals surface area contributed by atoms with Gasteiger partial charge in [0.15, 0.2) is 10.5 Å². The number of aromatic amines is 1. The summed E-state index contributed by atoms with van der Waals surface area (Å²) in [5.74, 6) is 0. The maximum atomic E-state index is 13.6. The molecule has 0 saturated heterocycles. The summed E-state index contributed by atoms with van der Waals surface area (Å²) in [6.07, 6.45) is 2.90. The molecule has 38 heavy (non-hydrogen) atoms. The van der Waals surface area contributed by atoms with Gasteiger partial charge >= 0.3 is 0 Å². The molecule has 0 bridgehead atoms. The van der Waals surface area contributed by atoms with Crippen LogP contribution >= 0.6 is 22.9 Å². The van der Waals surface area contributed by atoms with Gasteiger partial charge in [0, 0.05) is 41.1 Å². The van der Waals surface area contributed by atoms with Crippen LogP contribution in [0.3, 0.4) is 0 Å². The van der Waals surface area contributed by atoms with E-state index in [1.807, 2.05) is 79.3 Å². The average molecular weight is 540 g/mol. The van der Waals surface area contributed by atoms with Gasteiger partial charge in [-0.05, 0) is 54.8 Å². The van der Waals surface area contributed by atoms with Crippen LogP contribution in [0.15, 0.2) is 100 Å². The highest BCUT2D eigenvalue weighted by Gasteiger charge is 2.17. The van der Waals surface area contributed by atoms with Crippen LogP contribution in [0.1, 0.15) is 11.3 Å². The lowest BCUT2D eigenvalue weighted by Crippen LogP contribution is -2.20. The number of aryl methyl sites for hydroxylation is 1. The molecule has 0 atom stereocenters. The van der Waals surface area contributed by atoms with Crippen LogP contribution in [0.4, 0.5) is 5.69 Å². The van der Waals surface area contributed by atoms with E-state index in [1.54, 1.807) is 4.68 Å². The molecule has 0 fully saturated rings. The third-order valence-electron chi connectivity index (χ3n) is 6.95. The zero-order valence-electron chi connectivity index (χ0n) is 21.1. The van der Waals surface area contributed by atoms with Gasteiger partial charge in [-0.1, -0.05) is 60.1 Å². The predicted octanol–water partition coefficient (Wildman–Crippen LogP) is 6.62. The normalized spacial score (nSPS) is 12.0. The predicted molar refractivity (Wildman–Crippen MR) is 156 cm³/mol. The van der Waals surface area contributed by atoms with Crippen LogP contribution in [0, 0.1) is 6.92 Å². The summed E-state index contributed by atoms with van der Waals surface area (Å²) in [6.45, 7) is 2.64. The molecule has 6 nitrogen and oxygen atoms in total. The highest BCUT2D eigenvalue weighted by Crippen LogP contribution is 2.25. The standard InChI is InChI=1S/C30H26ClN5OS/c1-20-28(29(37)36(34(20)2)24-8-4-3-5-9-24)33-30-35(27(19-38-30)21-12-14-23(31)15-13-21)17-16-22-18-32-26-11-7-6-10-25(22)26/h3-15,18-19,32H,16-17H2,1-2H3. The number of thiazole rings is 1. The first-order chi connectivity index (χ1) is 18.5. The number of fused-ring (bicyclic) bond motifs is 1. The van der Waals surface area contributed by atoms with Crippen molar-refractivity contribution in [3.63, 3.8) is 0 Å². The van der Waals surface area contributed by atoms with Crippen molar-refractivity contribution in [1.29, 1.82) is 0 Å². The zero-order valence-corrected chi connectivity index (χ0v) is 22.6. The van der Waals surface area contributed by atoms with E-state index in [9.17, 15) is 4.79 Å². The fraction of sp³-hybridized carbons (Fsp3) is 0.133. The van der Waals surface area contributed by atoms with Gasteiger partial charge in [0.05, 0.1) is 17.1 Å². The fourth-order valence-corrected chi connectivity index (χ4v) is 5.90. The van der Waals surface area contributed by atoms with Crippen molar-refractivity contribution in [2.75, 3.05) is 0 Å². The molecule has 1 N–H and O–H groups in total. The van der Waals surface area contributed by atoms with Crippen LogP contribution in [0.25, 0.3) is 27.8 Å². The minimum absolute atomic E-state index is 0.138. The lowest BCUT2D eigenvalue weighted by atomic mass is 10.1. The minimum Gasteiger partial charge on any atom is -0.361 e. The van der Waals surface area contributed by atoms with Gasteiger partial charge in [0.25, 0.3) is 5.56 Å². The van der Waals surface area contributed by atoms with Gasteiger partial charge in [-0.3, -0.25) is 9.48 Å². The summed E-state index contributed by atoms with van der Waals surface area (Å²) in [4.78, 5) is 22.7. The largest absolute Gasteiger partial charge is 0.361 e. The Kier molecular flexibility index (Phi) is 6.39. The number of rotatable bonds is 6. The molecule has 8 heteroatoms. The molecule has 0 radical (unpaired) electrons. The maximum absolute atomic E-state index is 13.6. The Hall–Kier alpha value is -4.07. The average Bonchev–Trinajstić information content (AvgIpc) is 3.60. The Balaban J connectivity index is 1.47. The Morgan fingerprint density at radius 3 is 2.50 bits per heavy atom. The van der Waals surface area contributed by atoms with E-state index >= 15 is 0 Å². The second-order valence-electron chi connectivity index (χ2n) is 9.19. The zero-order chi connectivity index (χ0) is 26.2. The number of hydrogen-bond acceptors (Lipinski definition) is 3. The lowest BCUT2D eigenvalue weighted by Gasteiger charge is -2.09. The van der Waals surface area contributed by atoms with Gasteiger partial charge in [0.1, 0.15) is 0 Å². The highest BCUT2D eigenvalue weighted by molar-refractivity contribution is 7.07. The molecule has 0 unspecified atom stereocenters. The van der Waals surface area contributed by atoms with Crippen LogP contribution in [0.5, 0.6) is 0 Å². The number of nitrogens with zero attached hydrogens (tertiary/aromatic N) is 4. The van der Waals surface area contributed by atoms with Gasteiger partial charge in [-0.2, -0.15) is 0 Å².